The predicted molar refractivity (Wildman–Crippen MR) is 67.4 cm³/mol. The van der Waals surface area contributed by atoms with E-state index in [2.05, 4.69) is 10.0 Å². The van der Waals surface area contributed by atoms with Crippen LogP contribution in [0.25, 0.3) is 0 Å². The summed E-state index contributed by atoms with van der Waals surface area (Å²) in [6.07, 6.45) is 1.62. The van der Waals surface area contributed by atoms with Gasteiger partial charge in [-0.1, -0.05) is 18.2 Å². The van der Waals surface area contributed by atoms with Gasteiger partial charge in [0.25, 0.3) is 10.0 Å². The molecule has 1 atom stereocenters. The summed E-state index contributed by atoms with van der Waals surface area (Å²) in [5, 5.41) is 3.09. The molecule has 0 unspecified atom stereocenters. The van der Waals surface area contributed by atoms with Crippen LogP contribution in [0.2, 0.25) is 0 Å². The van der Waals surface area contributed by atoms with Gasteiger partial charge in [-0.25, -0.2) is 13.1 Å². The first-order valence-corrected chi connectivity index (χ1v) is 7.40. The number of benzene rings is 1. The van der Waals surface area contributed by atoms with Gasteiger partial charge < -0.3 is 5.32 Å². The topological polar surface area (TPSA) is 75.3 Å². The highest BCUT2D eigenvalue weighted by atomic mass is 32.2. The molecule has 0 radical (unpaired) electrons. The largest absolute Gasteiger partial charge is 0.316 e. The molecule has 1 fully saturated rings. The average Bonchev–Trinajstić information content (AvgIpc) is 2.40. The fourth-order valence-corrected chi connectivity index (χ4v) is 3.01. The van der Waals surface area contributed by atoms with Gasteiger partial charge >= 0.3 is 0 Å². The highest BCUT2D eigenvalue weighted by Crippen LogP contribution is 2.12. The zero-order chi connectivity index (χ0) is 13.0. The van der Waals surface area contributed by atoms with Gasteiger partial charge in [-0.15, -0.1) is 0 Å². The maximum Gasteiger partial charge on any atom is 0.264 e. The van der Waals surface area contributed by atoms with Crippen molar-refractivity contribution in [3.8, 4) is 0 Å². The van der Waals surface area contributed by atoms with E-state index in [0.29, 0.717) is 6.54 Å². The molecule has 18 heavy (non-hydrogen) atoms. The smallest absolute Gasteiger partial charge is 0.264 e. The number of carbonyl (C=O) groups excluding carboxylic acids is 1. The fraction of sp³-hybridized carbons (Fsp3) is 0.417. The highest BCUT2D eigenvalue weighted by molar-refractivity contribution is 7.90. The van der Waals surface area contributed by atoms with Gasteiger partial charge in [0, 0.05) is 6.54 Å². The third-order valence-corrected chi connectivity index (χ3v) is 4.32. The Morgan fingerprint density at radius 1 is 1.28 bits per heavy atom. The number of piperidine rings is 1. The van der Waals surface area contributed by atoms with Gasteiger partial charge in [0.1, 0.15) is 0 Å². The van der Waals surface area contributed by atoms with Crippen molar-refractivity contribution in [1.82, 2.24) is 10.0 Å². The van der Waals surface area contributed by atoms with E-state index in [9.17, 15) is 13.2 Å². The summed E-state index contributed by atoms with van der Waals surface area (Å²) in [4.78, 5) is 12.0. The minimum absolute atomic E-state index is 0.113. The van der Waals surface area contributed by atoms with Crippen LogP contribution >= 0.6 is 0 Å². The molecule has 2 N–H and O–H groups in total. The van der Waals surface area contributed by atoms with Crippen LogP contribution in [0.5, 0.6) is 0 Å². The summed E-state index contributed by atoms with van der Waals surface area (Å²) >= 11 is 0. The molecule has 1 saturated heterocycles. The second-order valence-corrected chi connectivity index (χ2v) is 6.01. The lowest BCUT2D eigenvalue weighted by Gasteiger charge is -2.21. The van der Waals surface area contributed by atoms with E-state index in [4.69, 9.17) is 0 Å². The van der Waals surface area contributed by atoms with Gasteiger partial charge in [0.05, 0.1) is 10.8 Å². The minimum atomic E-state index is -3.74. The summed E-state index contributed by atoms with van der Waals surface area (Å²) in [7, 11) is -3.74. The van der Waals surface area contributed by atoms with Crippen LogP contribution in [-0.2, 0) is 14.8 Å². The van der Waals surface area contributed by atoms with Gasteiger partial charge in [-0.3, -0.25) is 4.79 Å². The van der Waals surface area contributed by atoms with E-state index in [1.807, 2.05) is 0 Å². The van der Waals surface area contributed by atoms with Crippen molar-refractivity contribution in [1.29, 1.82) is 0 Å². The Kier molecular flexibility index (Phi) is 3.98. The molecule has 1 heterocycles. The van der Waals surface area contributed by atoms with Gasteiger partial charge in [0.2, 0.25) is 5.91 Å². The second-order valence-electron chi connectivity index (χ2n) is 4.33. The standard InChI is InChI=1S/C12H16N2O3S/c15-12(10-5-4-8-13-9-10)14-18(16,17)11-6-2-1-3-7-11/h1-3,6-7,10,13H,4-5,8-9H2,(H,14,15)/t10-/m1/s1. The molecule has 0 aliphatic carbocycles. The van der Waals surface area contributed by atoms with Crippen LogP contribution in [0.4, 0.5) is 0 Å². The molecule has 0 bridgehead atoms. The van der Waals surface area contributed by atoms with E-state index in [1.165, 1.54) is 12.1 Å². The van der Waals surface area contributed by atoms with Crippen molar-refractivity contribution in [2.24, 2.45) is 5.92 Å². The Bertz CT molecular complexity index is 507. The summed E-state index contributed by atoms with van der Waals surface area (Å²) < 4.78 is 26.0. The monoisotopic (exact) mass is 268 g/mol. The van der Waals surface area contributed by atoms with Crippen LogP contribution < -0.4 is 10.0 Å². The molecule has 1 aliphatic heterocycles. The summed E-state index contributed by atoms with van der Waals surface area (Å²) in [5.74, 6) is -0.691. The lowest BCUT2D eigenvalue weighted by Crippen LogP contribution is -2.42. The first-order chi connectivity index (χ1) is 8.59. The lowest BCUT2D eigenvalue weighted by atomic mass is 9.99. The first-order valence-electron chi connectivity index (χ1n) is 5.92. The summed E-state index contributed by atoms with van der Waals surface area (Å²) in [6, 6.07) is 7.91. The first kappa shape index (κ1) is 13.0. The molecule has 1 aliphatic rings. The van der Waals surface area contributed by atoms with Crippen molar-refractivity contribution in [2.75, 3.05) is 13.1 Å². The van der Waals surface area contributed by atoms with Crippen molar-refractivity contribution >= 4 is 15.9 Å². The van der Waals surface area contributed by atoms with Crippen LogP contribution in [0.15, 0.2) is 35.2 Å². The van der Waals surface area contributed by atoms with Crippen molar-refractivity contribution in [3.63, 3.8) is 0 Å². The molecular weight excluding hydrogens is 252 g/mol. The summed E-state index contributed by atoms with van der Waals surface area (Å²) in [5.41, 5.74) is 0. The Balaban J connectivity index is 2.06. The third-order valence-electron chi connectivity index (χ3n) is 2.96. The quantitative estimate of drug-likeness (QED) is 0.836. The Hall–Kier alpha value is -1.40. The molecule has 0 aromatic heterocycles. The number of carbonyl (C=O) groups is 1. The number of rotatable bonds is 3. The van der Waals surface area contributed by atoms with E-state index in [-0.39, 0.29) is 10.8 Å². The number of amides is 1. The van der Waals surface area contributed by atoms with E-state index in [0.717, 1.165) is 19.4 Å². The van der Waals surface area contributed by atoms with E-state index >= 15 is 0 Å². The zero-order valence-corrected chi connectivity index (χ0v) is 10.7. The lowest BCUT2D eigenvalue weighted by molar-refractivity contribution is -0.123. The van der Waals surface area contributed by atoms with E-state index < -0.39 is 15.9 Å². The molecule has 1 aromatic carbocycles. The number of hydrogen-bond acceptors (Lipinski definition) is 4. The average molecular weight is 268 g/mol. The van der Waals surface area contributed by atoms with Crippen LogP contribution in [0.1, 0.15) is 12.8 Å². The predicted octanol–water partition coefficient (Wildman–Crippen LogP) is 0.491. The molecule has 1 amide bonds. The van der Waals surface area contributed by atoms with Crippen LogP contribution in [0, 0.1) is 5.92 Å². The minimum Gasteiger partial charge on any atom is -0.316 e. The zero-order valence-electron chi connectivity index (χ0n) is 9.93. The summed E-state index contributed by atoms with van der Waals surface area (Å²) in [6.45, 7) is 1.42. The Labute approximate surface area is 107 Å². The Morgan fingerprint density at radius 3 is 2.61 bits per heavy atom. The molecule has 2 rings (SSSR count). The second kappa shape index (κ2) is 5.49. The molecule has 0 saturated carbocycles. The maximum atomic E-state index is 11.9. The molecule has 1 aromatic rings. The highest BCUT2D eigenvalue weighted by Gasteiger charge is 2.25. The van der Waals surface area contributed by atoms with Crippen LogP contribution in [0.3, 0.4) is 0 Å². The molecule has 98 valence electrons. The molecule has 6 heteroatoms. The van der Waals surface area contributed by atoms with Crippen LogP contribution in [-0.4, -0.2) is 27.4 Å². The Morgan fingerprint density at radius 2 is 2.00 bits per heavy atom. The van der Waals surface area contributed by atoms with Crippen molar-refractivity contribution in [2.45, 2.75) is 17.7 Å². The van der Waals surface area contributed by atoms with Gasteiger partial charge in [-0.2, -0.15) is 0 Å². The normalized spacial score (nSPS) is 20.3. The molecule has 0 spiro atoms. The number of hydrogen-bond donors (Lipinski definition) is 2. The maximum absolute atomic E-state index is 11.9. The third kappa shape index (κ3) is 3.08. The van der Waals surface area contributed by atoms with E-state index in [1.54, 1.807) is 18.2 Å². The molecule has 5 nitrogen and oxygen atoms in total. The SMILES string of the molecule is O=C(NS(=O)(=O)c1ccccc1)[C@@H]1CCCNC1. The van der Waals surface area contributed by atoms with Gasteiger partial charge in [0.15, 0.2) is 0 Å². The van der Waals surface area contributed by atoms with Gasteiger partial charge in [-0.05, 0) is 31.5 Å². The number of nitrogens with one attached hydrogen (secondary N) is 2. The number of sulfonamides is 1. The van der Waals surface area contributed by atoms with Crippen molar-refractivity contribution < 1.29 is 13.2 Å². The molecular formula is C12H16N2O3S. The fourth-order valence-electron chi connectivity index (χ4n) is 1.95. The van der Waals surface area contributed by atoms with Crippen molar-refractivity contribution in [3.05, 3.63) is 30.3 Å².